The van der Waals surface area contributed by atoms with Crippen LogP contribution in [0.3, 0.4) is 0 Å². The second kappa shape index (κ2) is 7.82. The molecule has 2 atom stereocenters. The summed E-state index contributed by atoms with van der Waals surface area (Å²) < 4.78 is 6.09. The van der Waals surface area contributed by atoms with Gasteiger partial charge in [-0.2, -0.15) is 0 Å². The van der Waals surface area contributed by atoms with Crippen LogP contribution in [0, 0.1) is 11.3 Å². The summed E-state index contributed by atoms with van der Waals surface area (Å²) >= 11 is 0. The topological polar surface area (TPSA) is 41.5 Å². The highest BCUT2D eigenvalue weighted by molar-refractivity contribution is 5.08. The first-order chi connectivity index (χ1) is 12.7. The van der Waals surface area contributed by atoms with Crippen LogP contribution in [0.2, 0.25) is 0 Å². The van der Waals surface area contributed by atoms with E-state index in [0.29, 0.717) is 17.9 Å². The van der Waals surface area contributed by atoms with Crippen molar-refractivity contribution >= 4 is 0 Å². The van der Waals surface area contributed by atoms with Crippen molar-refractivity contribution in [3.8, 4) is 0 Å². The van der Waals surface area contributed by atoms with Gasteiger partial charge in [0.05, 0.1) is 18.9 Å². The lowest BCUT2D eigenvalue weighted by molar-refractivity contribution is 0.0514. The van der Waals surface area contributed by atoms with E-state index in [1.807, 2.05) is 24.5 Å². The zero-order valence-corrected chi connectivity index (χ0v) is 15.6. The quantitative estimate of drug-likeness (QED) is 0.799. The summed E-state index contributed by atoms with van der Waals surface area (Å²) in [5, 5.41) is 0. The van der Waals surface area contributed by atoms with Gasteiger partial charge >= 0.3 is 0 Å². The van der Waals surface area contributed by atoms with Crippen LogP contribution in [-0.4, -0.2) is 59.6 Å². The third kappa shape index (κ3) is 3.95. The van der Waals surface area contributed by atoms with Crippen molar-refractivity contribution in [2.45, 2.75) is 19.6 Å². The summed E-state index contributed by atoms with van der Waals surface area (Å²) in [6, 6.07) is 10.2. The minimum absolute atomic E-state index is 0.360. The van der Waals surface area contributed by atoms with Gasteiger partial charge < -0.3 is 9.64 Å². The largest absolute Gasteiger partial charge is 0.376 e. The fourth-order valence-electron chi connectivity index (χ4n) is 4.64. The number of hydrogen-bond acceptors (Lipinski definition) is 5. The fraction of sp³-hybridized carbons (Fsp3) is 0.524. The summed E-state index contributed by atoms with van der Waals surface area (Å²) in [7, 11) is 2.24. The molecule has 0 N–H and O–H groups in total. The molecule has 0 radical (unpaired) electrons. The Labute approximate surface area is 156 Å². The lowest BCUT2D eigenvalue weighted by Crippen LogP contribution is -2.36. The zero-order chi connectivity index (χ0) is 17.8. The standard InChI is InChI=1S/C21H28N4O/c1-24-12-19(15-26-14-18-5-4-8-22-11-18)21(16-24)7-10-25(17-21)13-20-6-2-3-9-23-20/h2-6,8-9,11,19H,7,10,12-17H2,1H3/t19-,21+/m0/s1. The summed E-state index contributed by atoms with van der Waals surface area (Å²) in [5.74, 6) is 0.595. The molecule has 138 valence electrons. The molecule has 4 rings (SSSR count). The summed E-state index contributed by atoms with van der Waals surface area (Å²) in [6.07, 6.45) is 6.84. The molecule has 2 aliphatic heterocycles. The number of nitrogens with zero attached hydrogens (tertiary/aromatic N) is 4. The molecule has 0 saturated carbocycles. The third-order valence-corrected chi connectivity index (χ3v) is 5.87. The first-order valence-corrected chi connectivity index (χ1v) is 9.51. The van der Waals surface area contributed by atoms with E-state index in [0.717, 1.165) is 38.3 Å². The van der Waals surface area contributed by atoms with Gasteiger partial charge in [-0.3, -0.25) is 14.9 Å². The molecule has 2 fully saturated rings. The Balaban J connectivity index is 1.35. The smallest absolute Gasteiger partial charge is 0.0731 e. The molecule has 5 heteroatoms. The first kappa shape index (κ1) is 17.6. The van der Waals surface area contributed by atoms with Crippen molar-refractivity contribution < 1.29 is 4.74 Å². The molecule has 2 aromatic rings. The molecule has 0 bridgehead atoms. The minimum atomic E-state index is 0.360. The predicted molar refractivity (Wildman–Crippen MR) is 101 cm³/mol. The molecule has 2 saturated heterocycles. The van der Waals surface area contributed by atoms with Crippen LogP contribution in [0.4, 0.5) is 0 Å². The molecule has 1 spiro atoms. The zero-order valence-electron chi connectivity index (χ0n) is 15.6. The van der Waals surface area contributed by atoms with Gasteiger partial charge in [0.1, 0.15) is 0 Å². The Bertz CT molecular complexity index is 696. The molecule has 5 nitrogen and oxygen atoms in total. The van der Waals surface area contributed by atoms with Crippen LogP contribution in [0.15, 0.2) is 48.9 Å². The third-order valence-electron chi connectivity index (χ3n) is 5.87. The van der Waals surface area contributed by atoms with Gasteiger partial charge in [-0.25, -0.2) is 0 Å². The Morgan fingerprint density at radius 2 is 2.15 bits per heavy atom. The molecular weight excluding hydrogens is 324 g/mol. The van der Waals surface area contributed by atoms with Gasteiger partial charge in [0.2, 0.25) is 0 Å². The Morgan fingerprint density at radius 3 is 2.96 bits per heavy atom. The molecule has 4 heterocycles. The summed E-state index contributed by atoms with van der Waals surface area (Å²) in [4.78, 5) is 13.7. The molecular formula is C21H28N4O. The number of rotatable bonds is 6. The van der Waals surface area contributed by atoms with Gasteiger partial charge in [0.25, 0.3) is 0 Å². The number of ether oxygens (including phenoxy) is 1. The van der Waals surface area contributed by atoms with E-state index in [2.05, 4.69) is 45.0 Å². The van der Waals surface area contributed by atoms with Gasteiger partial charge in [-0.1, -0.05) is 12.1 Å². The van der Waals surface area contributed by atoms with Crippen LogP contribution in [0.5, 0.6) is 0 Å². The molecule has 0 aliphatic carbocycles. The van der Waals surface area contributed by atoms with Crippen LogP contribution >= 0.6 is 0 Å². The van der Waals surface area contributed by atoms with Crippen molar-refractivity contribution in [2.24, 2.45) is 11.3 Å². The lowest BCUT2D eigenvalue weighted by Gasteiger charge is -2.30. The van der Waals surface area contributed by atoms with Gasteiger partial charge in [-0.15, -0.1) is 0 Å². The van der Waals surface area contributed by atoms with E-state index >= 15 is 0 Å². The van der Waals surface area contributed by atoms with E-state index in [4.69, 9.17) is 4.74 Å². The van der Waals surface area contributed by atoms with Crippen LogP contribution in [0.1, 0.15) is 17.7 Å². The van der Waals surface area contributed by atoms with Crippen molar-refractivity contribution in [1.29, 1.82) is 0 Å². The van der Waals surface area contributed by atoms with Crippen LogP contribution < -0.4 is 0 Å². The summed E-state index contributed by atoms with van der Waals surface area (Å²) in [6.45, 7) is 7.05. The van der Waals surface area contributed by atoms with Crippen molar-refractivity contribution in [3.05, 3.63) is 60.2 Å². The van der Waals surface area contributed by atoms with Gasteiger partial charge in [0, 0.05) is 56.1 Å². The predicted octanol–water partition coefficient (Wildman–Crippen LogP) is 2.45. The first-order valence-electron chi connectivity index (χ1n) is 9.51. The SMILES string of the molecule is CN1C[C@@H](COCc2cccnc2)[C@]2(CCN(Cc3ccccn3)C2)C1. The normalized spacial score (nSPS) is 26.7. The Morgan fingerprint density at radius 1 is 1.19 bits per heavy atom. The maximum atomic E-state index is 6.09. The Kier molecular flexibility index (Phi) is 5.29. The number of aromatic nitrogens is 2. The van der Waals surface area contributed by atoms with E-state index in [9.17, 15) is 0 Å². The number of pyridine rings is 2. The van der Waals surface area contributed by atoms with E-state index in [-0.39, 0.29) is 0 Å². The second-order valence-corrected chi connectivity index (χ2v) is 7.91. The minimum Gasteiger partial charge on any atom is -0.376 e. The van der Waals surface area contributed by atoms with Crippen molar-refractivity contribution in [3.63, 3.8) is 0 Å². The van der Waals surface area contributed by atoms with Gasteiger partial charge in [0.15, 0.2) is 0 Å². The summed E-state index contributed by atoms with van der Waals surface area (Å²) in [5.41, 5.74) is 2.68. The monoisotopic (exact) mass is 352 g/mol. The number of likely N-dealkylation sites (tertiary alicyclic amines) is 2. The average Bonchev–Trinajstić information content (AvgIpc) is 3.20. The van der Waals surface area contributed by atoms with Crippen LogP contribution in [0.25, 0.3) is 0 Å². The van der Waals surface area contributed by atoms with Crippen LogP contribution in [-0.2, 0) is 17.9 Å². The highest BCUT2D eigenvalue weighted by atomic mass is 16.5. The number of hydrogen-bond donors (Lipinski definition) is 0. The molecule has 2 aromatic heterocycles. The maximum absolute atomic E-state index is 6.09. The van der Waals surface area contributed by atoms with E-state index < -0.39 is 0 Å². The molecule has 2 aliphatic rings. The highest BCUT2D eigenvalue weighted by Gasteiger charge is 2.49. The molecule has 0 amide bonds. The lowest BCUT2D eigenvalue weighted by atomic mass is 9.77. The highest BCUT2D eigenvalue weighted by Crippen LogP contribution is 2.43. The van der Waals surface area contributed by atoms with Gasteiger partial charge in [-0.05, 0) is 43.8 Å². The fourth-order valence-corrected chi connectivity index (χ4v) is 4.64. The molecule has 26 heavy (non-hydrogen) atoms. The van der Waals surface area contributed by atoms with Crippen molar-refractivity contribution in [2.75, 3.05) is 39.8 Å². The van der Waals surface area contributed by atoms with E-state index in [1.54, 1.807) is 6.20 Å². The second-order valence-electron chi connectivity index (χ2n) is 7.91. The van der Waals surface area contributed by atoms with Crippen molar-refractivity contribution in [1.82, 2.24) is 19.8 Å². The molecule has 0 aromatic carbocycles. The van der Waals surface area contributed by atoms with E-state index in [1.165, 1.54) is 18.7 Å². The molecule has 0 unspecified atom stereocenters. The maximum Gasteiger partial charge on any atom is 0.0731 e. The Hall–Kier alpha value is -1.82. The average molecular weight is 352 g/mol.